The van der Waals surface area contributed by atoms with Gasteiger partial charge in [0, 0.05) is 24.6 Å². The summed E-state index contributed by atoms with van der Waals surface area (Å²) in [6, 6.07) is 2.08. The Morgan fingerprint density at radius 3 is 3.16 bits per heavy atom. The first-order valence-corrected chi connectivity index (χ1v) is 6.81. The maximum atomic E-state index is 6.17. The number of nitrogens with zero attached hydrogens (tertiary/aromatic N) is 2. The Kier molecular flexibility index (Phi) is 3.28. The molecule has 0 radical (unpaired) electrons. The molecule has 1 aliphatic heterocycles. The standard InChI is InChI=1S/C13H20N4O2/c1-3-18-10-6-9(15-7(2)16-10)17-12-11(14)8-4-5-19-13(8)12/h6,8,11-13H,3-5,14H2,1-2H3,(H,15,16,17). The van der Waals surface area contributed by atoms with Crippen molar-refractivity contribution in [3.05, 3.63) is 11.9 Å². The number of nitrogens with one attached hydrogen (secondary N) is 1. The number of nitrogens with two attached hydrogens (primary N) is 1. The van der Waals surface area contributed by atoms with E-state index in [2.05, 4.69) is 15.3 Å². The van der Waals surface area contributed by atoms with Crippen LogP contribution in [0.5, 0.6) is 5.88 Å². The Hall–Kier alpha value is -1.40. The first-order valence-electron chi connectivity index (χ1n) is 6.81. The van der Waals surface area contributed by atoms with Crippen molar-refractivity contribution in [2.45, 2.75) is 38.5 Å². The minimum atomic E-state index is 0.135. The largest absolute Gasteiger partial charge is 0.478 e. The Balaban J connectivity index is 1.72. The van der Waals surface area contributed by atoms with E-state index in [-0.39, 0.29) is 18.2 Å². The normalized spacial score (nSPS) is 32.6. The molecule has 0 amide bonds. The molecule has 3 N–H and O–H groups in total. The van der Waals surface area contributed by atoms with E-state index in [9.17, 15) is 0 Å². The number of ether oxygens (including phenoxy) is 2. The van der Waals surface area contributed by atoms with Crippen LogP contribution in [0.25, 0.3) is 0 Å². The van der Waals surface area contributed by atoms with Gasteiger partial charge in [0.05, 0.1) is 18.8 Å². The van der Waals surface area contributed by atoms with Crippen LogP contribution >= 0.6 is 0 Å². The average Bonchev–Trinajstić information content (AvgIpc) is 2.80. The highest BCUT2D eigenvalue weighted by molar-refractivity contribution is 5.41. The molecule has 1 aromatic heterocycles. The summed E-state index contributed by atoms with van der Waals surface area (Å²) < 4.78 is 11.1. The van der Waals surface area contributed by atoms with E-state index in [1.165, 1.54) is 0 Å². The highest BCUT2D eigenvalue weighted by atomic mass is 16.5. The van der Waals surface area contributed by atoms with Crippen LogP contribution < -0.4 is 15.8 Å². The number of aromatic nitrogens is 2. The lowest BCUT2D eigenvalue weighted by atomic mass is 9.72. The second kappa shape index (κ2) is 4.94. The third-order valence-corrected chi connectivity index (χ3v) is 3.87. The molecule has 1 saturated heterocycles. The second-order valence-electron chi connectivity index (χ2n) is 5.11. The number of rotatable bonds is 4. The van der Waals surface area contributed by atoms with Gasteiger partial charge in [-0.25, -0.2) is 4.98 Å². The number of aryl methyl sites for hydroxylation is 1. The lowest BCUT2D eigenvalue weighted by Gasteiger charge is -2.45. The Morgan fingerprint density at radius 2 is 2.37 bits per heavy atom. The Bertz CT molecular complexity index is 468. The molecule has 1 aromatic rings. The molecule has 6 heteroatoms. The first-order chi connectivity index (χ1) is 9.19. The second-order valence-corrected chi connectivity index (χ2v) is 5.11. The van der Waals surface area contributed by atoms with Crippen LogP contribution in [0.1, 0.15) is 19.2 Å². The molecule has 6 nitrogen and oxygen atoms in total. The van der Waals surface area contributed by atoms with Crippen LogP contribution in [-0.2, 0) is 4.74 Å². The van der Waals surface area contributed by atoms with Gasteiger partial charge in [-0.15, -0.1) is 0 Å². The maximum absolute atomic E-state index is 6.17. The molecule has 3 rings (SSSR count). The monoisotopic (exact) mass is 264 g/mol. The number of fused-ring (bicyclic) bond motifs is 1. The highest BCUT2D eigenvalue weighted by Gasteiger charge is 2.52. The molecule has 0 aromatic carbocycles. The van der Waals surface area contributed by atoms with Gasteiger partial charge in [0.25, 0.3) is 0 Å². The Morgan fingerprint density at radius 1 is 1.53 bits per heavy atom. The minimum absolute atomic E-state index is 0.135. The highest BCUT2D eigenvalue weighted by Crippen LogP contribution is 2.39. The van der Waals surface area contributed by atoms with Crippen molar-refractivity contribution in [3.8, 4) is 5.88 Å². The predicted octanol–water partition coefficient (Wildman–Crippen LogP) is 0.710. The smallest absolute Gasteiger partial charge is 0.218 e. The molecule has 2 fully saturated rings. The summed E-state index contributed by atoms with van der Waals surface area (Å²) in [6.45, 7) is 5.19. The molecular formula is C13H20N4O2. The van der Waals surface area contributed by atoms with Gasteiger partial charge in [0.2, 0.25) is 5.88 Å². The summed E-state index contributed by atoms with van der Waals surface area (Å²) >= 11 is 0. The van der Waals surface area contributed by atoms with E-state index in [4.69, 9.17) is 15.2 Å². The summed E-state index contributed by atoms with van der Waals surface area (Å²) in [5.41, 5.74) is 6.17. The van der Waals surface area contributed by atoms with Crippen molar-refractivity contribution in [3.63, 3.8) is 0 Å². The molecule has 4 unspecified atom stereocenters. The van der Waals surface area contributed by atoms with Gasteiger partial charge in [-0.2, -0.15) is 4.98 Å². The van der Waals surface area contributed by atoms with Gasteiger partial charge in [-0.1, -0.05) is 0 Å². The zero-order valence-corrected chi connectivity index (χ0v) is 11.3. The minimum Gasteiger partial charge on any atom is -0.478 e. The van der Waals surface area contributed by atoms with E-state index in [0.29, 0.717) is 24.2 Å². The number of anilines is 1. The van der Waals surface area contributed by atoms with E-state index < -0.39 is 0 Å². The molecule has 1 aliphatic carbocycles. The van der Waals surface area contributed by atoms with E-state index in [1.807, 2.05) is 19.9 Å². The Labute approximate surface area is 112 Å². The summed E-state index contributed by atoms with van der Waals surface area (Å²) in [5.74, 6) is 2.52. The third-order valence-electron chi connectivity index (χ3n) is 3.87. The predicted molar refractivity (Wildman–Crippen MR) is 71.2 cm³/mol. The maximum Gasteiger partial charge on any atom is 0.218 e. The lowest BCUT2D eigenvalue weighted by Crippen LogP contribution is -2.65. The van der Waals surface area contributed by atoms with E-state index >= 15 is 0 Å². The fourth-order valence-corrected chi connectivity index (χ4v) is 2.93. The third kappa shape index (κ3) is 2.26. The van der Waals surface area contributed by atoms with E-state index in [0.717, 1.165) is 18.8 Å². The molecule has 2 aliphatic rings. The molecule has 104 valence electrons. The van der Waals surface area contributed by atoms with Gasteiger partial charge in [-0.05, 0) is 20.3 Å². The first kappa shape index (κ1) is 12.6. The van der Waals surface area contributed by atoms with E-state index in [1.54, 1.807) is 0 Å². The van der Waals surface area contributed by atoms with Gasteiger partial charge < -0.3 is 20.5 Å². The zero-order chi connectivity index (χ0) is 13.4. The molecule has 0 bridgehead atoms. The van der Waals surface area contributed by atoms with Crippen molar-refractivity contribution in [1.82, 2.24) is 9.97 Å². The topological polar surface area (TPSA) is 82.3 Å². The fraction of sp³-hybridized carbons (Fsp3) is 0.692. The van der Waals surface area contributed by atoms with Crippen molar-refractivity contribution in [2.24, 2.45) is 11.7 Å². The van der Waals surface area contributed by atoms with Gasteiger partial charge >= 0.3 is 0 Å². The van der Waals surface area contributed by atoms with Crippen LogP contribution in [0.2, 0.25) is 0 Å². The van der Waals surface area contributed by atoms with Crippen molar-refractivity contribution in [2.75, 3.05) is 18.5 Å². The molecule has 2 heterocycles. The van der Waals surface area contributed by atoms with Gasteiger partial charge in [0.1, 0.15) is 11.6 Å². The van der Waals surface area contributed by atoms with Crippen LogP contribution in [0.4, 0.5) is 5.82 Å². The van der Waals surface area contributed by atoms with Crippen LogP contribution in [0, 0.1) is 12.8 Å². The summed E-state index contributed by atoms with van der Waals surface area (Å²) in [6.07, 6.45) is 1.29. The average molecular weight is 264 g/mol. The molecule has 0 spiro atoms. The summed E-state index contributed by atoms with van der Waals surface area (Å²) in [5, 5.41) is 3.36. The van der Waals surface area contributed by atoms with Crippen molar-refractivity contribution >= 4 is 5.82 Å². The van der Waals surface area contributed by atoms with Crippen LogP contribution in [-0.4, -0.2) is 41.4 Å². The van der Waals surface area contributed by atoms with Crippen molar-refractivity contribution in [1.29, 1.82) is 0 Å². The van der Waals surface area contributed by atoms with Gasteiger partial charge in [-0.3, -0.25) is 0 Å². The lowest BCUT2D eigenvalue weighted by molar-refractivity contribution is 0.00522. The molecule has 4 atom stereocenters. The summed E-state index contributed by atoms with van der Waals surface area (Å²) in [4.78, 5) is 8.60. The quantitative estimate of drug-likeness (QED) is 0.833. The molecule has 19 heavy (non-hydrogen) atoms. The van der Waals surface area contributed by atoms with Crippen molar-refractivity contribution < 1.29 is 9.47 Å². The molecule has 1 saturated carbocycles. The summed E-state index contributed by atoms with van der Waals surface area (Å²) in [7, 11) is 0. The number of hydrogen-bond donors (Lipinski definition) is 2. The van der Waals surface area contributed by atoms with Gasteiger partial charge in [0.15, 0.2) is 0 Å². The molecular weight excluding hydrogens is 244 g/mol. The number of hydrogen-bond acceptors (Lipinski definition) is 6. The van der Waals surface area contributed by atoms with Crippen LogP contribution in [0.3, 0.4) is 0 Å². The van der Waals surface area contributed by atoms with Crippen LogP contribution in [0.15, 0.2) is 6.07 Å². The fourth-order valence-electron chi connectivity index (χ4n) is 2.93. The SMILES string of the molecule is CCOc1cc(NC2C(N)C3CCOC32)nc(C)n1. The zero-order valence-electron chi connectivity index (χ0n) is 11.3.